The summed E-state index contributed by atoms with van der Waals surface area (Å²) in [4.78, 5) is 60.7. The summed E-state index contributed by atoms with van der Waals surface area (Å²) in [5.41, 5.74) is 0.629. The molecule has 13 nitrogen and oxygen atoms in total. The van der Waals surface area contributed by atoms with Crippen molar-refractivity contribution in [3.63, 3.8) is 0 Å². The standard InChI is InChI=1S/C10H18N2O4.C9H20.C8H15NO4.C2H6.CH2O2/c1-10(2,3)12-8(14)5-4-7(9(15)16)11-6-13;1-8(2,3)7-9(4,5)6;1-8(11)6-13-5-4-12-3-2-9-7-10;1-2;2-1-3/h6-7H,4-5H2,1-3H3,(H,11,13)(H,12,14)(H,15,16);7H2,1-6H3;7H,2-6H2,1H3,(H,9,10);1-2H3;1H,(H,2,3). The molecule has 0 fully saturated rings. The van der Waals surface area contributed by atoms with Crippen molar-refractivity contribution in [2.24, 2.45) is 10.8 Å². The Morgan fingerprint density at radius 2 is 1.28 bits per heavy atom. The van der Waals surface area contributed by atoms with Crippen LogP contribution in [0, 0.1) is 10.8 Å². The van der Waals surface area contributed by atoms with Crippen molar-refractivity contribution in [3.05, 3.63) is 0 Å². The number of carbonyl (C=O) groups is 6. The minimum atomic E-state index is -1.14. The molecule has 0 aromatic heterocycles. The van der Waals surface area contributed by atoms with Gasteiger partial charge in [-0.25, -0.2) is 4.79 Å². The first-order valence-electron chi connectivity index (χ1n) is 14.3. The van der Waals surface area contributed by atoms with E-state index in [4.69, 9.17) is 24.5 Å². The highest BCUT2D eigenvalue weighted by atomic mass is 16.5. The molecule has 256 valence electrons. The average molecular weight is 624 g/mol. The van der Waals surface area contributed by atoms with Crippen LogP contribution in [0.2, 0.25) is 0 Å². The van der Waals surface area contributed by atoms with Gasteiger partial charge in [0.25, 0.3) is 6.47 Å². The lowest BCUT2D eigenvalue weighted by atomic mass is 9.78. The number of ketones is 1. The van der Waals surface area contributed by atoms with Crippen LogP contribution >= 0.6 is 0 Å². The molecule has 0 aliphatic heterocycles. The summed E-state index contributed by atoms with van der Waals surface area (Å²) in [6.45, 7) is 26.4. The number of amides is 3. The molecule has 3 amide bonds. The Hall–Kier alpha value is -3.06. The van der Waals surface area contributed by atoms with Gasteiger partial charge in [-0.15, -0.1) is 0 Å². The molecule has 0 aromatic carbocycles. The Labute approximate surface area is 259 Å². The minimum Gasteiger partial charge on any atom is -0.483 e. The number of ether oxygens (including phenoxy) is 2. The van der Waals surface area contributed by atoms with Gasteiger partial charge in [-0.1, -0.05) is 55.4 Å². The van der Waals surface area contributed by atoms with Gasteiger partial charge < -0.3 is 35.6 Å². The van der Waals surface area contributed by atoms with Gasteiger partial charge in [-0.05, 0) is 51.4 Å². The van der Waals surface area contributed by atoms with Gasteiger partial charge in [0.2, 0.25) is 18.7 Å². The summed E-state index contributed by atoms with van der Waals surface area (Å²) in [5, 5.41) is 22.9. The summed E-state index contributed by atoms with van der Waals surface area (Å²) < 4.78 is 10.00. The number of carboxylic acid groups (broad SMARTS) is 2. The molecule has 0 aliphatic carbocycles. The normalized spacial score (nSPS) is 11.0. The number of hydrogen-bond donors (Lipinski definition) is 5. The third-order valence-corrected chi connectivity index (χ3v) is 3.95. The van der Waals surface area contributed by atoms with Crippen LogP contribution < -0.4 is 16.0 Å². The Kier molecular flexibility index (Phi) is 35.1. The second kappa shape index (κ2) is 30.4. The molecule has 0 aromatic rings. The lowest BCUT2D eigenvalue weighted by molar-refractivity contribution is -0.141. The Bertz CT molecular complexity index is 713. The zero-order valence-electron chi connectivity index (χ0n) is 28.6. The smallest absolute Gasteiger partial charge is 0.326 e. The number of carboxylic acids is 1. The number of carbonyl (C=O) groups excluding carboxylic acids is 4. The maximum atomic E-state index is 11.4. The van der Waals surface area contributed by atoms with Crippen LogP contribution in [0.4, 0.5) is 0 Å². The van der Waals surface area contributed by atoms with Gasteiger partial charge >= 0.3 is 5.97 Å². The Morgan fingerprint density at radius 3 is 1.60 bits per heavy atom. The molecule has 0 aliphatic rings. The van der Waals surface area contributed by atoms with Crippen LogP contribution in [0.3, 0.4) is 0 Å². The molecule has 0 heterocycles. The van der Waals surface area contributed by atoms with E-state index in [9.17, 15) is 24.0 Å². The number of nitrogens with one attached hydrogen (secondary N) is 3. The summed E-state index contributed by atoms with van der Waals surface area (Å²) in [5.74, 6) is -1.37. The van der Waals surface area contributed by atoms with Crippen molar-refractivity contribution >= 4 is 37.0 Å². The van der Waals surface area contributed by atoms with Crippen LogP contribution in [0.5, 0.6) is 0 Å². The molecule has 0 spiro atoms. The first kappa shape index (κ1) is 49.6. The van der Waals surface area contributed by atoms with Crippen molar-refractivity contribution in [1.29, 1.82) is 0 Å². The number of Topliss-reactive ketones (excluding diaryl/α,β-unsaturated/α-hetero) is 1. The van der Waals surface area contributed by atoms with Gasteiger partial charge in [-0.2, -0.15) is 0 Å². The Balaban J connectivity index is -0.000000160. The van der Waals surface area contributed by atoms with Crippen molar-refractivity contribution in [1.82, 2.24) is 16.0 Å². The van der Waals surface area contributed by atoms with E-state index in [1.54, 1.807) is 0 Å². The van der Waals surface area contributed by atoms with Crippen LogP contribution in [0.25, 0.3) is 0 Å². The van der Waals surface area contributed by atoms with Crippen LogP contribution in [0.15, 0.2) is 0 Å². The fourth-order valence-corrected chi connectivity index (χ4v) is 3.33. The minimum absolute atomic E-state index is 0.00243. The molecular formula is C30H61N3O10. The van der Waals surface area contributed by atoms with Crippen molar-refractivity contribution < 1.29 is 48.5 Å². The van der Waals surface area contributed by atoms with Crippen LogP contribution in [-0.4, -0.2) is 91.7 Å². The van der Waals surface area contributed by atoms with E-state index in [2.05, 4.69) is 57.5 Å². The SMILES string of the molecule is CC.CC(=O)COCCOCCNC=O.CC(C)(C)CC(C)(C)C.CC(C)(C)NC(=O)CCC(NC=O)C(=O)O.O=CO. The maximum absolute atomic E-state index is 11.4. The molecule has 43 heavy (non-hydrogen) atoms. The van der Waals surface area contributed by atoms with Gasteiger partial charge in [0.15, 0.2) is 5.78 Å². The molecule has 5 N–H and O–H groups in total. The van der Waals surface area contributed by atoms with Gasteiger partial charge in [-0.3, -0.25) is 24.0 Å². The van der Waals surface area contributed by atoms with E-state index < -0.39 is 12.0 Å². The van der Waals surface area contributed by atoms with Crippen molar-refractivity contribution in [2.75, 3.05) is 33.0 Å². The lowest BCUT2D eigenvalue weighted by Crippen LogP contribution is -2.42. The van der Waals surface area contributed by atoms with E-state index in [1.807, 2.05) is 34.6 Å². The van der Waals surface area contributed by atoms with Gasteiger partial charge in [0, 0.05) is 18.5 Å². The quantitative estimate of drug-likeness (QED) is 0.133. The predicted octanol–water partition coefficient (Wildman–Crippen LogP) is 3.43. The Morgan fingerprint density at radius 1 is 0.814 bits per heavy atom. The zero-order chi connectivity index (χ0) is 35.1. The van der Waals surface area contributed by atoms with E-state index in [-0.39, 0.29) is 43.2 Å². The maximum Gasteiger partial charge on any atom is 0.326 e. The highest BCUT2D eigenvalue weighted by Crippen LogP contribution is 2.31. The molecule has 0 bridgehead atoms. The summed E-state index contributed by atoms with van der Waals surface area (Å²) >= 11 is 0. The predicted molar refractivity (Wildman–Crippen MR) is 168 cm³/mol. The lowest BCUT2D eigenvalue weighted by Gasteiger charge is -2.28. The molecule has 0 saturated carbocycles. The average Bonchev–Trinajstić information content (AvgIpc) is 2.82. The second-order valence-corrected chi connectivity index (χ2v) is 12.4. The summed E-state index contributed by atoms with van der Waals surface area (Å²) in [6, 6.07) is -1.01. The fourth-order valence-electron chi connectivity index (χ4n) is 3.33. The number of rotatable bonds is 15. The molecule has 1 atom stereocenters. The van der Waals surface area contributed by atoms with Crippen LogP contribution in [-0.2, 0) is 38.2 Å². The summed E-state index contributed by atoms with van der Waals surface area (Å²) in [6.07, 6.45) is 2.38. The molecular weight excluding hydrogens is 562 g/mol. The monoisotopic (exact) mass is 623 g/mol. The highest BCUT2D eigenvalue weighted by molar-refractivity contribution is 5.80. The van der Waals surface area contributed by atoms with E-state index in [0.717, 1.165) is 0 Å². The molecule has 0 rings (SSSR count). The van der Waals surface area contributed by atoms with E-state index in [1.165, 1.54) is 13.3 Å². The van der Waals surface area contributed by atoms with Crippen molar-refractivity contribution in [2.45, 2.75) is 114 Å². The first-order chi connectivity index (χ1) is 19.7. The fraction of sp³-hybridized carbons (Fsp3) is 0.800. The highest BCUT2D eigenvalue weighted by Gasteiger charge is 2.20. The second-order valence-electron chi connectivity index (χ2n) is 12.4. The first-order valence-corrected chi connectivity index (χ1v) is 14.3. The third kappa shape index (κ3) is 59.3. The molecule has 0 saturated heterocycles. The molecule has 1 unspecified atom stereocenters. The third-order valence-electron chi connectivity index (χ3n) is 3.95. The van der Waals surface area contributed by atoms with Crippen molar-refractivity contribution in [3.8, 4) is 0 Å². The molecule has 0 radical (unpaired) electrons. The summed E-state index contributed by atoms with van der Waals surface area (Å²) in [7, 11) is 0. The zero-order valence-corrected chi connectivity index (χ0v) is 28.6. The van der Waals surface area contributed by atoms with Gasteiger partial charge in [0.05, 0.1) is 19.8 Å². The molecule has 13 heteroatoms. The van der Waals surface area contributed by atoms with Crippen LogP contribution in [0.1, 0.15) is 102 Å². The largest absolute Gasteiger partial charge is 0.483 e. The number of hydrogen-bond acceptors (Lipinski definition) is 8. The topological polar surface area (TPSA) is 197 Å². The number of aliphatic carboxylic acids is 1. The van der Waals surface area contributed by atoms with E-state index >= 15 is 0 Å². The van der Waals surface area contributed by atoms with Gasteiger partial charge in [0.1, 0.15) is 12.6 Å². The van der Waals surface area contributed by atoms with E-state index in [0.29, 0.717) is 50.0 Å².